The van der Waals surface area contributed by atoms with E-state index >= 15 is 0 Å². The van der Waals surface area contributed by atoms with Gasteiger partial charge in [-0.15, -0.1) is 0 Å². The average Bonchev–Trinajstić information content (AvgIpc) is 3.14. The van der Waals surface area contributed by atoms with Crippen molar-refractivity contribution in [1.82, 2.24) is 19.9 Å². The standard InChI is InChI=1S/2C17H15N3O3SSe/c2*1-23-13-11-18-17(19-12-13)20-24(21,22)14-7-9-16(10-8-14)25-15-5-3-2-4-6-15/h2*2-12H,1H3,(H,18,19,20). The number of hydrogen-bond acceptors (Lipinski definition) is 10. The zero-order valence-electron chi connectivity index (χ0n) is 26.6. The molecule has 0 bridgehead atoms. The summed E-state index contributed by atoms with van der Waals surface area (Å²) in [7, 11) is -4.49. The Hall–Kier alpha value is -4.82. The van der Waals surface area contributed by atoms with Crippen LogP contribution in [0.15, 0.2) is 144 Å². The van der Waals surface area contributed by atoms with E-state index in [1.165, 1.54) is 47.9 Å². The number of hydrogen-bond donors (Lipinski definition) is 2. The van der Waals surface area contributed by atoms with E-state index in [0.717, 1.165) is 8.92 Å². The number of anilines is 2. The van der Waals surface area contributed by atoms with Gasteiger partial charge in [0.25, 0.3) is 0 Å². The zero-order chi connectivity index (χ0) is 35.4. The summed E-state index contributed by atoms with van der Waals surface area (Å²) in [5.74, 6) is 0.905. The van der Waals surface area contributed by atoms with Gasteiger partial charge < -0.3 is 0 Å². The third-order valence-corrected chi connectivity index (χ3v) is 13.4. The summed E-state index contributed by atoms with van der Waals surface area (Å²) in [6.45, 7) is 0. The second-order valence-electron chi connectivity index (χ2n) is 9.88. The molecule has 256 valence electrons. The van der Waals surface area contributed by atoms with Gasteiger partial charge in [0.1, 0.15) is 0 Å². The first-order chi connectivity index (χ1) is 24.1. The van der Waals surface area contributed by atoms with Gasteiger partial charge in [-0.3, -0.25) is 0 Å². The molecule has 2 N–H and O–H groups in total. The van der Waals surface area contributed by atoms with Crippen LogP contribution in [0.4, 0.5) is 11.9 Å². The van der Waals surface area contributed by atoms with E-state index < -0.39 is 20.0 Å². The molecule has 0 radical (unpaired) electrons. The van der Waals surface area contributed by atoms with Crippen LogP contribution in [0.5, 0.6) is 11.5 Å². The predicted octanol–water partition coefficient (Wildman–Crippen LogP) is 1.88. The van der Waals surface area contributed by atoms with Crippen molar-refractivity contribution in [3.05, 3.63) is 134 Å². The van der Waals surface area contributed by atoms with E-state index in [-0.39, 0.29) is 51.6 Å². The van der Waals surface area contributed by atoms with E-state index in [2.05, 4.69) is 53.6 Å². The molecule has 4 aromatic carbocycles. The van der Waals surface area contributed by atoms with Gasteiger partial charge in [-0.1, -0.05) is 0 Å². The molecule has 0 unspecified atom stereocenters. The Kier molecular flexibility index (Phi) is 12.6. The molecule has 0 fully saturated rings. The molecular formula is C34H30N6O6S2Se2. The van der Waals surface area contributed by atoms with Crippen molar-refractivity contribution < 1.29 is 26.3 Å². The van der Waals surface area contributed by atoms with Gasteiger partial charge in [-0.25, -0.2) is 0 Å². The summed E-state index contributed by atoms with van der Waals surface area (Å²) in [5.41, 5.74) is 0. The Morgan fingerprint density at radius 2 is 0.760 bits per heavy atom. The van der Waals surface area contributed by atoms with Crippen LogP contribution in [0, 0.1) is 0 Å². The van der Waals surface area contributed by atoms with E-state index in [0.29, 0.717) is 11.5 Å². The van der Waals surface area contributed by atoms with Crippen molar-refractivity contribution in [2.75, 3.05) is 23.7 Å². The number of sulfonamides is 2. The van der Waals surface area contributed by atoms with Gasteiger partial charge in [-0.05, 0) is 0 Å². The molecule has 0 saturated carbocycles. The van der Waals surface area contributed by atoms with Crippen molar-refractivity contribution >= 4 is 79.7 Å². The second-order valence-corrected chi connectivity index (χ2v) is 18.1. The van der Waals surface area contributed by atoms with E-state index in [9.17, 15) is 16.8 Å². The zero-order valence-corrected chi connectivity index (χ0v) is 31.6. The SMILES string of the molecule is COc1cnc(NS(=O)(=O)c2ccc([Se]c3ccccc3)cc2)nc1.COc1cnc(NS(=O)(=O)c2ccc([Se]c3ccccc3)cc2)nc1. The number of nitrogens with one attached hydrogen (secondary N) is 2. The van der Waals surface area contributed by atoms with Crippen molar-refractivity contribution in [1.29, 1.82) is 0 Å². The first-order valence-electron chi connectivity index (χ1n) is 14.6. The van der Waals surface area contributed by atoms with Crippen LogP contribution >= 0.6 is 0 Å². The minimum absolute atomic E-state index is 0.00150. The van der Waals surface area contributed by atoms with Crippen LogP contribution in [0.3, 0.4) is 0 Å². The van der Waals surface area contributed by atoms with E-state index in [1.807, 2.05) is 60.7 Å². The summed E-state index contributed by atoms with van der Waals surface area (Å²) in [4.78, 5) is 16.0. The number of rotatable bonds is 12. The summed E-state index contributed by atoms with van der Waals surface area (Å²) < 4.78 is 68.9. The first-order valence-corrected chi connectivity index (χ1v) is 21.0. The van der Waals surface area contributed by atoms with Gasteiger partial charge in [-0.2, -0.15) is 0 Å². The quantitative estimate of drug-likeness (QED) is 0.174. The molecule has 0 saturated heterocycles. The maximum absolute atomic E-state index is 12.4. The van der Waals surface area contributed by atoms with Crippen LogP contribution in [-0.4, -0.2) is 80.9 Å². The molecular weight excluding hydrogens is 810 g/mol. The van der Waals surface area contributed by atoms with Gasteiger partial charge in [0.2, 0.25) is 0 Å². The third-order valence-electron chi connectivity index (χ3n) is 6.40. The van der Waals surface area contributed by atoms with Gasteiger partial charge >= 0.3 is 305 Å². The van der Waals surface area contributed by atoms with Crippen LogP contribution in [-0.2, 0) is 20.0 Å². The molecule has 12 nitrogen and oxygen atoms in total. The minimum atomic E-state index is -3.73. The van der Waals surface area contributed by atoms with Gasteiger partial charge in [0.15, 0.2) is 0 Å². The fraction of sp³-hybridized carbons (Fsp3) is 0.0588. The molecule has 0 amide bonds. The Morgan fingerprint density at radius 3 is 1.06 bits per heavy atom. The van der Waals surface area contributed by atoms with Crippen LogP contribution in [0.1, 0.15) is 0 Å². The molecule has 2 heterocycles. The summed E-state index contributed by atoms with van der Waals surface area (Å²) >= 11 is 0.270. The summed E-state index contributed by atoms with van der Waals surface area (Å²) in [5, 5.41) is 0. The molecule has 0 atom stereocenters. The average molecular weight is 841 g/mol. The van der Waals surface area contributed by atoms with Crippen molar-refractivity contribution in [2.45, 2.75) is 9.79 Å². The normalized spacial score (nSPS) is 11.1. The summed E-state index contributed by atoms with van der Waals surface area (Å²) in [6.07, 6.45) is 5.60. The number of aromatic nitrogens is 4. The number of ether oxygens (including phenoxy) is 2. The Balaban J connectivity index is 0.000000194. The number of methoxy groups -OCH3 is 2. The fourth-order valence-electron chi connectivity index (χ4n) is 3.93. The van der Waals surface area contributed by atoms with Crippen molar-refractivity contribution in [2.24, 2.45) is 0 Å². The second kappa shape index (κ2) is 17.2. The van der Waals surface area contributed by atoms with Crippen LogP contribution < -0.4 is 36.8 Å². The predicted molar refractivity (Wildman–Crippen MR) is 195 cm³/mol. The molecule has 6 rings (SSSR count). The van der Waals surface area contributed by atoms with Crippen molar-refractivity contribution in [3.8, 4) is 11.5 Å². The third kappa shape index (κ3) is 10.6. The molecule has 0 spiro atoms. The Morgan fingerprint density at radius 1 is 0.460 bits per heavy atom. The molecule has 0 aliphatic heterocycles. The van der Waals surface area contributed by atoms with Crippen molar-refractivity contribution in [3.63, 3.8) is 0 Å². The molecule has 2 aromatic heterocycles. The Bertz CT molecular complexity index is 2020. The first kappa shape index (κ1) is 36.5. The fourth-order valence-corrected chi connectivity index (χ4v) is 9.36. The number of nitrogens with zero attached hydrogens (tertiary/aromatic N) is 4. The molecule has 6 aromatic rings. The molecule has 50 heavy (non-hydrogen) atoms. The van der Waals surface area contributed by atoms with Crippen LogP contribution in [0.2, 0.25) is 0 Å². The summed E-state index contributed by atoms with van der Waals surface area (Å²) in [6, 6.07) is 33.9. The molecule has 0 aliphatic carbocycles. The van der Waals surface area contributed by atoms with Gasteiger partial charge in [0, 0.05) is 0 Å². The topological polar surface area (TPSA) is 162 Å². The monoisotopic (exact) mass is 842 g/mol. The van der Waals surface area contributed by atoms with Gasteiger partial charge in [0.05, 0.1) is 0 Å². The molecule has 16 heteroatoms. The van der Waals surface area contributed by atoms with E-state index in [4.69, 9.17) is 9.47 Å². The maximum atomic E-state index is 12.4. The van der Waals surface area contributed by atoms with Crippen LogP contribution in [0.25, 0.3) is 0 Å². The van der Waals surface area contributed by atoms with E-state index in [1.54, 1.807) is 24.3 Å². The molecule has 0 aliphatic rings. The number of benzene rings is 4. The Labute approximate surface area is 303 Å².